The first-order valence-electron chi connectivity index (χ1n) is 12.0. The molecule has 1 fully saturated rings. The topological polar surface area (TPSA) is 71.3 Å². The molecule has 1 aromatic heterocycles. The highest BCUT2D eigenvalue weighted by atomic mass is 32.2. The summed E-state index contributed by atoms with van der Waals surface area (Å²) < 4.78 is 15.2. The summed E-state index contributed by atoms with van der Waals surface area (Å²) in [6, 6.07) is 25.1. The second kappa shape index (κ2) is 11.0. The van der Waals surface area contributed by atoms with Crippen LogP contribution in [0.4, 0.5) is 4.39 Å². The molecule has 1 unspecified atom stereocenters. The van der Waals surface area contributed by atoms with E-state index in [-0.39, 0.29) is 29.4 Å². The summed E-state index contributed by atoms with van der Waals surface area (Å²) in [4.78, 5) is 29.5. The number of carbonyl (C=O) groups is 2. The number of benzene rings is 3. The van der Waals surface area contributed by atoms with Crippen molar-refractivity contribution in [3.05, 3.63) is 96.3 Å². The summed E-state index contributed by atoms with van der Waals surface area (Å²) in [7, 11) is 0. The fourth-order valence-electron chi connectivity index (χ4n) is 4.41. The zero-order valence-electron chi connectivity index (χ0n) is 20.3. The van der Waals surface area contributed by atoms with Gasteiger partial charge in [-0.3, -0.25) is 14.2 Å². The third kappa shape index (κ3) is 5.41. The molecule has 0 aliphatic carbocycles. The van der Waals surface area contributed by atoms with E-state index in [4.69, 9.17) is 0 Å². The number of hydrogen-bond acceptors (Lipinski definition) is 5. The Labute approximate surface area is 218 Å². The number of nitrogens with zero attached hydrogens (tertiary/aromatic N) is 5. The van der Waals surface area contributed by atoms with Crippen LogP contribution in [0, 0.1) is 5.82 Å². The first kappa shape index (κ1) is 24.7. The molecule has 37 heavy (non-hydrogen) atoms. The molecule has 1 aliphatic rings. The summed E-state index contributed by atoms with van der Waals surface area (Å²) in [6.45, 7) is 3.22. The fraction of sp³-hybridized carbons (Fsp3) is 0.214. The molecule has 2 amide bonds. The van der Waals surface area contributed by atoms with Gasteiger partial charge in [-0.15, -0.1) is 10.2 Å². The lowest BCUT2D eigenvalue weighted by molar-refractivity contribution is -0.130. The van der Waals surface area contributed by atoms with Crippen molar-refractivity contribution in [3.8, 4) is 17.1 Å². The van der Waals surface area contributed by atoms with E-state index in [1.54, 1.807) is 9.80 Å². The van der Waals surface area contributed by atoms with Gasteiger partial charge in [0.15, 0.2) is 11.0 Å². The summed E-state index contributed by atoms with van der Waals surface area (Å²) in [5.41, 5.74) is 2.30. The highest BCUT2D eigenvalue weighted by Crippen LogP contribution is 2.28. The minimum Gasteiger partial charge on any atom is -0.338 e. The van der Waals surface area contributed by atoms with Crippen LogP contribution in [-0.2, 0) is 4.79 Å². The Bertz CT molecular complexity index is 1380. The van der Waals surface area contributed by atoms with Gasteiger partial charge in [0.2, 0.25) is 5.91 Å². The Morgan fingerprint density at radius 3 is 2.27 bits per heavy atom. The smallest absolute Gasteiger partial charge is 0.254 e. The highest BCUT2D eigenvalue weighted by Gasteiger charge is 2.30. The van der Waals surface area contributed by atoms with E-state index >= 15 is 0 Å². The van der Waals surface area contributed by atoms with Gasteiger partial charge in [-0.25, -0.2) is 4.39 Å². The van der Waals surface area contributed by atoms with E-state index < -0.39 is 0 Å². The minimum atomic E-state index is -0.378. The lowest BCUT2D eigenvalue weighted by Crippen LogP contribution is -2.55. The van der Waals surface area contributed by atoms with Gasteiger partial charge in [-0.1, -0.05) is 60.3 Å². The van der Waals surface area contributed by atoms with Crippen LogP contribution in [0.3, 0.4) is 0 Å². The molecule has 0 saturated carbocycles. The van der Waals surface area contributed by atoms with Gasteiger partial charge in [0.05, 0.1) is 5.75 Å². The Balaban J connectivity index is 1.26. The molecule has 0 spiro atoms. The summed E-state index contributed by atoms with van der Waals surface area (Å²) in [5.74, 6) is 0.367. The molecule has 0 bridgehead atoms. The maximum atomic E-state index is 13.2. The van der Waals surface area contributed by atoms with E-state index in [2.05, 4.69) is 10.2 Å². The lowest BCUT2D eigenvalue weighted by atomic mass is 10.1. The summed E-state index contributed by atoms with van der Waals surface area (Å²) in [6.07, 6.45) is 0. The van der Waals surface area contributed by atoms with Crippen LogP contribution in [0.15, 0.2) is 90.1 Å². The maximum Gasteiger partial charge on any atom is 0.254 e. The Morgan fingerprint density at radius 2 is 1.59 bits per heavy atom. The van der Waals surface area contributed by atoms with Gasteiger partial charge < -0.3 is 9.80 Å². The van der Waals surface area contributed by atoms with E-state index in [1.165, 1.54) is 36.0 Å². The Kier molecular flexibility index (Phi) is 7.32. The van der Waals surface area contributed by atoms with Crippen LogP contribution in [0.25, 0.3) is 17.1 Å². The Hall–Kier alpha value is -3.98. The van der Waals surface area contributed by atoms with Crippen molar-refractivity contribution < 1.29 is 14.0 Å². The maximum absolute atomic E-state index is 13.2. The molecule has 188 valence electrons. The van der Waals surface area contributed by atoms with Gasteiger partial charge in [-0.05, 0) is 43.3 Å². The molecule has 9 heteroatoms. The van der Waals surface area contributed by atoms with Crippen molar-refractivity contribution in [1.82, 2.24) is 24.6 Å². The predicted molar refractivity (Wildman–Crippen MR) is 141 cm³/mol. The first-order chi connectivity index (χ1) is 18.0. The van der Waals surface area contributed by atoms with Gasteiger partial charge in [-0.2, -0.15) is 0 Å². The minimum absolute atomic E-state index is 0.0189. The monoisotopic (exact) mass is 515 g/mol. The standard InChI is InChI=1S/C28H26FN5O2S/c1-20-18-32(16-17-33(20)27(36)22-12-14-23(29)15-13-22)25(35)19-37-28-31-30-26(21-8-4-2-5-9-21)34(28)24-10-6-3-7-11-24/h2-15,20H,16-19H2,1H3. The third-order valence-electron chi connectivity index (χ3n) is 6.34. The molecule has 1 atom stereocenters. The molecule has 7 nitrogen and oxygen atoms in total. The molecular formula is C28H26FN5O2S. The van der Waals surface area contributed by atoms with Crippen molar-refractivity contribution in [2.75, 3.05) is 25.4 Å². The lowest BCUT2D eigenvalue weighted by Gasteiger charge is -2.40. The zero-order chi connectivity index (χ0) is 25.8. The van der Waals surface area contributed by atoms with Crippen molar-refractivity contribution in [2.45, 2.75) is 18.1 Å². The molecule has 1 saturated heterocycles. The number of rotatable bonds is 6. The normalized spacial score (nSPS) is 15.6. The average molecular weight is 516 g/mol. The quantitative estimate of drug-likeness (QED) is 0.353. The van der Waals surface area contributed by atoms with Crippen molar-refractivity contribution in [1.29, 1.82) is 0 Å². The molecule has 2 heterocycles. The second-order valence-corrected chi connectivity index (χ2v) is 9.77. The van der Waals surface area contributed by atoms with Crippen molar-refractivity contribution >= 4 is 23.6 Å². The average Bonchev–Trinajstić information content (AvgIpc) is 3.36. The van der Waals surface area contributed by atoms with Crippen LogP contribution in [-0.4, -0.2) is 67.8 Å². The molecule has 5 rings (SSSR count). The van der Waals surface area contributed by atoms with Crippen LogP contribution in [0.5, 0.6) is 0 Å². The number of aromatic nitrogens is 3. The molecule has 3 aromatic carbocycles. The number of carbonyl (C=O) groups excluding carboxylic acids is 2. The number of hydrogen-bond donors (Lipinski definition) is 0. The predicted octanol–water partition coefficient (Wildman–Crippen LogP) is 4.54. The summed E-state index contributed by atoms with van der Waals surface area (Å²) >= 11 is 1.35. The zero-order valence-corrected chi connectivity index (χ0v) is 21.1. The molecular weight excluding hydrogens is 489 g/mol. The molecule has 0 N–H and O–H groups in total. The number of para-hydroxylation sites is 1. The SMILES string of the molecule is CC1CN(C(=O)CSc2nnc(-c3ccccc3)n2-c2ccccc2)CCN1C(=O)c1ccc(F)cc1. The van der Waals surface area contributed by atoms with E-state index in [9.17, 15) is 14.0 Å². The van der Waals surface area contributed by atoms with Gasteiger partial charge >= 0.3 is 0 Å². The molecule has 4 aromatic rings. The molecule has 1 aliphatic heterocycles. The van der Waals surface area contributed by atoms with Crippen LogP contribution < -0.4 is 0 Å². The second-order valence-electron chi connectivity index (χ2n) is 8.83. The van der Waals surface area contributed by atoms with E-state index in [0.717, 1.165) is 11.3 Å². The highest BCUT2D eigenvalue weighted by molar-refractivity contribution is 7.99. The van der Waals surface area contributed by atoms with Crippen molar-refractivity contribution in [3.63, 3.8) is 0 Å². The van der Waals surface area contributed by atoms with Gasteiger partial charge in [0.1, 0.15) is 5.82 Å². The van der Waals surface area contributed by atoms with Crippen LogP contribution >= 0.6 is 11.8 Å². The first-order valence-corrected chi connectivity index (χ1v) is 13.0. The van der Waals surface area contributed by atoms with Crippen LogP contribution in [0.1, 0.15) is 17.3 Å². The third-order valence-corrected chi connectivity index (χ3v) is 7.25. The van der Waals surface area contributed by atoms with Gasteiger partial charge in [0, 0.05) is 42.5 Å². The fourth-order valence-corrected chi connectivity index (χ4v) is 5.26. The number of amides is 2. The van der Waals surface area contributed by atoms with Crippen molar-refractivity contribution in [2.24, 2.45) is 0 Å². The molecule has 0 radical (unpaired) electrons. The van der Waals surface area contributed by atoms with Crippen LogP contribution in [0.2, 0.25) is 0 Å². The summed E-state index contributed by atoms with van der Waals surface area (Å²) in [5, 5.41) is 9.47. The number of thioether (sulfide) groups is 1. The van der Waals surface area contributed by atoms with E-state index in [0.29, 0.717) is 36.2 Å². The number of piperazine rings is 1. The largest absolute Gasteiger partial charge is 0.338 e. The van der Waals surface area contributed by atoms with Gasteiger partial charge in [0.25, 0.3) is 5.91 Å². The number of halogens is 1. The van der Waals surface area contributed by atoms with E-state index in [1.807, 2.05) is 72.2 Å². The Morgan fingerprint density at radius 1 is 0.919 bits per heavy atom.